The van der Waals surface area contributed by atoms with Gasteiger partial charge >= 0.3 is 160 Å². The quantitative estimate of drug-likeness (QED) is 0.242. The van der Waals surface area contributed by atoms with Crippen molar-refractivity contribution in [2.45, 2.75) is 37.8 Å². The predicted molar refractivity (Wildman–Crippen MR) is 117 cm³/mol. The standard InChI is InChI=1S/C16H37I2N2P/c1-19(2,3)12-14-21(17,18,15-13-20(4,5)6)16-10-8-7-9-11-16/h16H,7-15H2,1-6H3/q+2. The fraction of sp³-hybridized carbons (Fsp3) is 1.00. The molecule has 0 radical (unpaired) electrons. The van der Waals surface area contributed by atoms with Crippen molar-refractivity contribution in [2.24, 2.45) is 0 Å². The van der Waals surface area contributed by atoms with Gasteiger partial charge in [0.25, 0.3) is 0 Å². The Balaban J connectivity index is 2.89. The van der Waals surface area contributed by atoms with Crippen LogP contribution >= 0.6 is 46.0 Å². The second-order valence-corrected chi connectivity index (χ2v) is 33.3. The summed E-state index contributed by atoms with van der Waals surface area (Å²) in [5, 5.41) is 0. The topological polar surface area (TPSA) is 0 Å². The van der Waals surface area contributed by atoms with Crippen LogP contribution < -0.4 is 0 Å². The second-order valence-electron chi connectivity index (χ2n) is 9.09. The number of hydrogen-bond acceptors (Lipinski definition) is 0. The first-order valence-electron chi connectivity index (χ1n) is 8.36. The van der Waals surface area contributed by atoms with Crippen LogP contribution in [0.25, 0.3) is 0 Å². The molecule has 0 aromatic heterocycles. The van der Waals surface area contributed by atoms with Crippen molar-refractivity contribution in [1.29, 1.82) is 0 Å². The van der Waals surface area contributed by atoms with Crippen LogP contribution in [0.4, 0.5) is 0 Å². The summed E-state index contributed by atoms with van der Waals surface area (Å²) < 4.78 is 0.577. The summed E-state index contributed by atoms with van der Waals surface area (Å²) in [4.78, 5) is 0. The Labute approximate surface area is 159 Å². The first kappa shape index (κ1) is 20.9. The van der Waals surface area contributed by atoms with Gasteiger partial charge in [0.05, 0.1) is 0 Å². The van der Waals surface area contributed by atoms with Gasteiger partial charge in [0, 0.05) is 0 Å². The van der Waals surface area contributed by atoms with E-state index >= 15 is 0 Å². The number of hydrogen-bond donors (Lipinski definition) is 0. The van der Waals surface area contributed by atoms with E-state index in [4.69, 9.17) is 0 Å². The molecule has 0 aliphatic heterocycles. The Morgan fingerprint density at radius 1 is 0.762 bits per heavy atom. The van der Waals surface area contributed by atoms with Gasteiger partial charge in [0.1, 0.15) is 0 Å². The van der Waals surface area contributed by atoms with Gasteiger partial charge in [0.15, 0.2) is 0 Å². The van der Waals surface area contributed by atoms with Crippen LogP contribution in [0.3, 0.4) is 0 Å². The zero-order valence-corrected chi connectivity index (χ0v) is 20.2. The summed E-state index contributed by atoms with van der Waals surface area (Å²) in [6.07, 6.45) is 10.3. The third-order valence-corrected chi connectivity index (χ3v) is 19.7. The van der Waals surface area contributed by atoms with Crippen LogP contribution in [-0.4, -0.2) is 82.3 Å². The zero-order chi connectivity index (χ0) is 16.4. The Morgan fingerprint density at radius 2 is 1.14 bits per heavy atom. The van der Waals surface area contributed by atoms with E-state index in [2.05, 4.69) is 86.4 Å². The van der Waals surface area contributed by atoms with E-state index in [0.29, 0.717) is 0 Å². The minimum atomic E-state index is -1.65. The molecule has 0 bridgehead atoms. The Kier molecular flexibility index (Phi) is 7.31. The SMILES string of the molecule is C[N+](C)(C)CCP(I)(I)(CC[N+](C)(C)C)C1CCCCC1. The average molecular weight is 542 g/mol. The molecule has 1 aliphatic rings. The monoisotopic (exact) mass is 542 g/mol. The van der Waals surface area contributed by atoms with Crippen LogP contribution in [-0.2, 0) is 0 Å². The molecule has 0 amide bonds. The van der Waals surface area contributed by atoms with E-state index in [1.807, 2.05) is 0 Å². The molecule has 1 aliphatic carbocycles. The van der Waals surface area contributed by atoms with Crippen molar-refractivity contribution < 1.29 is 8.97 Å². The molecule has 21 heavy (non-hydrogen) atoms. The summed E-state index contributed by atoms with van der Waals surface area (Å²) >= 11 is 6.01. The molecular formula is C16H37I2N2P+2. The van der Waals surface area contributed by atoms with Crippen LogP contribution in [0.1, 0.15) is 32.1 Å². The molecule has 0 atom stereocenters. The predicted octanol–water partition coefficient (Wildman–Crippen LogP) is 4.98. The molecule has 1 rings (SSSR count). The van der Waals surface area contributed by atoms with E-state index in [1.165, 1.54) is 57.5 Å². The first-order valence-corrected chi connectivity index (χ1v) is 16.6. The summed E-state index contributed by atoms with van der Waals surface area (Å²) in [5.74, 6) is 0. The summed E-state index contributed by atoms with van der Waals surface area (Å²) in [5.41, 5.74) is 1.02. The molecule has 1 fully saturated rings. The summed E-state index contributed by atoms with van der Waals surface area (Å²) in [7, 11) is 14.1. The number of rotatable bonds is 7. The second kappa shape index (κ2) is 7.37. The molecular weight excluding hydrogens is 505 g/mol. The number of nitrogens with zero attached hydrogens (tertiary/aromatic N) is 2. The van der Waals surface area contributed by atoms with Crippen LogP contribution in [0.2, 0.25) is 0 Å². The van der Waals surface area contributed by atoms with Gasteiger partial charge in [-0.2, -0.15) is 0 Å². The van der Waals surface area contributed by atoms with Crippen molar-refractivity contribution in [3.8, 4) is 0 Å². The molecule has 0 aromatic carbocycles. The third kappa shape index (κ3) is 7.49. The Morgan fingerprint density at radius 3 is 1.48 bits per heavy atom. The van der Waals surface area contributed by atoms with Gasteiger partial charge in [-0.15, -0.1) is 0 Å². The van der Waals surface area contributed by atoms with Crippen molar-refractivity contribution in [3.63, 3.8) is 0 Å². The molecule has 0 unspecified atom stereocenters. The van der Waals surface area contributed by atoms with Gasteiger partial charge < -0.3 is 0 Å². The molecule has 0 aromatic rings. The normalized spacial score (nSPS) is 21.0. The molecule has 0 saturated heterocycles. The maximum atomic E-state index is 3.01. The van der Waals surface area contributed by atoms with E-state index in [9.17, 15) is 0 Å². The Hall–Kier alpha value is 1.81. The van der Waals surface area contributed by atoms with Crippen LogP contribution in [0, 0.1) is 0 Å². The molecule has 2 nitrogen and oxygen atoms in total. The average Bonchev–Trinajstić information content (AvgIpc) is 2.35. The van der Waals surface area contributed by atoms with E-state index in [-0.39, 0.29) is 0 Å². The maximum absolute atomic E-state index is 3.01. The van der Waals surface area contributed by atoms with E-state index in [0.717, 1.165) is 14.6 Å². The van der Waals surface area contributed by atoms with Crippen LogP contribution in [0.5, 0.6) is 0 Å². The Bertz CT molecular complexity index is 317. The molecule has 0 N–H and O–H groups in total. The summed E-state index contributed by atoms with van der Waals surface area (Å²) in [6.45, 7) is 2.66. The van der Waals surface area contributed by atoms with Crippen molar-refractivity contribution in [3.05, 3.63) is 0 Å². The first-order chi connectivity index (χ1) is 9.31. The van der Waals surface area contributed by atoms with Gasteiger partial charge in [0.2, 0.25) is 0 Å². The molecule has 5 heteroatoms. The van der Waals surface area contributed by atoms with Crippen molar-refractivity contribution in [1.82, 2.24) is 0 Å². The molecule has 1 saturated carbocycles. The van der Waals surface area contributed by atoms with E-state index in [1.54, 1.807) is 0 Å². The van der Waals surface area contributed by atoms with Gasteiger partial charge in [-0.3, -0.25) is 0 Å². The van der Waals surface area contributed by atoms with Crippen molar-refractivity contribution >= 4 is 46.0 Å². The number of halogens is 2. The van der Waals surface area contributed by atoms with Crippen LogP contribution in [0.15, 0.2) is 0 Å². The fourth-order valence-electron chi connectivity index (χ4n) is 3.13. The van der Waals surface area contributed by atoms with Gasteiger partial charge in [-0.25, -0.2) is 0 Å². The van der Waals surface area contributed by atoms with Crippen molar-refractivity contribution in [2.75, 3.05) is 67.7 Å². The zero-order valence-electron chi connectivity index (χ0n) is 15.0. The van der Waals surface area contributed by atoms with Gasteiger partial charge in [-0.05, 0) is 0 Å². The summed E-state index contributed by atoms with van der Waals surface area (Å²) in [6, 6.07) is 0. The fourth-order valence-corrected chi connectivity index (χ4v) is 13.5. The van der Waals surface area contributed by atoms with Gasteiger partial charge in [-0.1, -0.05) is 0 Å². The molecule has 0 heterocycles. The third-order valence-electron chi connectivity index (χ3n) is 4.82. The number of quaternary nitrogens is 2. The minimum absolute atomic E-state index is 1.02. The molecule has 128 valence electrons. The molecule has 0 spiro atoms. The van der Waals surface area contributed by atoms with E-state index < -0.39 is 1.89 Å².